The van der Waals surface area contributed by atoms with E-state index in [1.165, 1.54) is 17.5 Å². The molecule has 0 fully saturated rings. The van der Waals surface area contributed by atoms with Crippen molar-refractivity contribution in [1.29, 1.82) is 0 Å². The molecule has 19 heavy (non-hydrogen) atoms. The van der Waals surface area contributed by atoms with E-state index in [4.69, 9.17) is 9.47 Å². The fourth-order valence-corrected chi connectivity index (χ4v) is 2.42. The van der Waals surface area contributed by atoms with Gasteiger partial charge in [0, 0.05) is 6.42 Å². The van der Waals surface area contributed by atoms with Gasteiger partial charge in [-0.15, -0.1) is 0 Å². The second-order valence-electron chi connectivity index (χ2n) is 4.77. The zero-order chi connectivity index (χ0) is 12.9. The molecule has 0 aliphatic carbocycles. The number of aryl methyl sites for hydroxylation is 1. The number of para-hydroxylation sites is 2. The number of rotatable bonds is 0. The third kappa shape index (κ3) is 2.90. The molecule has 0 atom stereocenters. The first kappa shape index (κ1) is 12.1. The molecule has 2 aliphatic heterocycles. The molecular formula is C17H18O2. The van der Waals surface area contributed by atoms with Crippen LogP contribution in [-0.4, -0.2) is 13.2 Å². The molecule has 0 unspecified atom stereocenters. The standard InChI is InChI=1S/C9H10O.C8H8O/c1-2-6-9-8(4-1)5-3-7-10-9;1-2-4-8-7(3-1)5-6-9-8/h1-2,4,6H,3,5,7H2;1-4H,5-6H2. The van der Waals surface area contributed by atoms with Gasteiger partial charge in [-0.2, -0.15) is 0 Å². The van der Waals surface area contributed by atoms with E-state index in [-0.39, 0.29) is 0 Å². The summed E-state index contributed by atoms with van der Waals surface area (Å²) in [4.78, 5) is 0. The molecule has 0 spiro atoms. The second-order valence-corrected chi connectivity index (χ2v) is 4.77. The molecule has 0 saturated carbocycles. The van der Waals surface area contributed by atoms with E-state index in [0.717, 1.165) is 37.6 Å². The monoisotopic (exact) mass is 254 g/mol. The summed E-state index contributed by atoms with van der Waals surface area (Å²) in [6.07, 6.45) is 3.42. The van der Waals surface area contributed by atoms with Crippen molar-refractivity contribution < 1.29 is 9.47 Å². The van der Waals surface area contributed by atoms with Crippen LogP contribution in [0.15, 0.2) is 48.5 Å². The molecule has 4 rings (SSSR count). The lowest BCUT2D eigenvalue weighted by molar-refractivity contribution is 0.288. The maximum Gasteiger partial charge on any atom is 0.122 e. The lowest BCUT2D eigenvalue weighted by atomic mass is 10.1. The number of fused-ring (bicyclic) bond motifs is 2. The van der Waals surface area contributed by atoms with Gasteiger partial charge in [0.15, 0.2) is 0 Å². The van der Waals surface area contributed by atoms with Gasteiger partial charge >= 0.3 is 0 Å². The van der Waals surface area contributed by atoms with Gasteiger partial charge in [-0.05, 0) is 36.1 Å². The predicted molar refractivity (Wildman–Crippen MR) is 75.9 cm³/mol. The van der Waals surface area contributed by atoms with E-state index in [9.17, 15) is 0 Å². The third-order valence-electron chi connectivity index (χ3n) is 3.42. The van der Waals surface area contributed by atoms with Gasteiger partial charge in [-0.25, -0.2) is 0 Å². The molecule has 0 N–H and O–H groups in total. The van der Waals surface area contributed by atoms with Crippen LogP contribution in [0.25, 0.3) is 0 Å². The maximum absolute atomic E-state index is 5.42. The van der Waals surface area contributed by atoms with Crippen LogP contribution in [-0.2, 0) is 12.8 Å². The molecule has 0 bridgehead atoms. The smallest absolute Gasteiger partial charge is 0.122 e. The van der Waals surface area contributed by atoms with Crippen molar-refractivity contribution in [2.75, 3.05) is 13.2 Å². The van der Waals surface area contributed by atoms with Crippen molar-refractivity contribution in [2.24, 2.45) is 0 Å². The maximum atomic E-state index is 5.42. The fraction of sp³-hybridized carbons (Fsp3) is 0.294. The van der Waals surface area contributed by atoms with Crippen molar-refractivity contribution in [3.05, 3.63) is 59.7 Å². The summed E-state index contributed by atoms with van der Waals surface area (Å²) in [6, 6.07) is 16.4. The molecule has 98 valence electrons. The lowest BCUT2D eigenvalue weighted by Crippen LogP contribution is -2.07. The average molecular weight is 254 g/mol. The highest BCUT2D eigenvalue weighted by Gasteiger charge is 2.08. The van der Waals surface area contributed by atoms with E-state index < -0.39 is 0 Å². The SMILES string of the molecule is c1ccc2c(c1)CCCO2.c1ccc2c(c1)CCO2. The molecular weight excluding hydrogens is 236 g/mol. The summed E-state index contributed by atoms with van der Waals surface area (Å²) in [5.41, 5.74) is 2.70. The van der Waals surface area contributed by atoms with Crippen LogP contribution < -0.4 is 9.47 Å². The molecule has 2 heteroatoms. The van der Waals surface area contributed by atoms with Crippen molar-refractivity contribution in [3.63, 3.8) is 0 Å². The summed E-state index contributed by atoms with van der Waals surface area (Å²) in [7, 11) is 0. The number of hydrogen-bond acceptors (Lipinski definition) is 2. The molecule has 0 saturated heterocycles. The number of ether oxygens (including phenoxy) is 2. The molecule has 2 aromatic carbocycles. The van der Waals surface area contributed by atoms with Gasteiger partial charge in [0.05, 0.1) is 13.2 Å². The topological polar surface area (TPSA) is 18.5 Å². The molecule has 0 radical (unpaired) electrons. The van der Waals surface area contributed by atoms with Crippen molar-refractivity contribution in [2.45, 2.75) is 19.3 Å². The molecule has 2 aliphatic rings. The Bertz CT molecular complexity index is 500. The van der Waals surface area contributed by atoms with E-state index in [2.05, 4.69) is 18.2 Å². The van der Waals surface area contributed by atoms with Crippen molar-refractivity contribution >= 4 is 0 Å². The minimum Gasteiger partial charge on any atom is -0.493 e. The Labute approximate surface area is 114 Å². The Morgan fingerprint density at radius 2 is 1.21 bits per heavy atom. The third-order valence-corrected chi connectivity index (χ3v) is 3.42. The van der Waals surface area contributed by atoms with Crippen LogP contribution in [0, 0.1) is 0 Å². The summed E-state index contributed by atoms with van der Waals surface area (Å²) >= 11 is 0. The zero-order valence-electron chi connectivity index (χ0n) is 11.0. The van der Waals surface area contributed by atoms with Crippen LogP contribution in [0.4, 0.5) is 0 Å². The quantitative estimate of drug-likeness (QED) is 0.714. The van der Waals surface area contributed by atoms with Crippen LogP contribution in [0.3, 0.4) is 0 Å². The van der Waals surface area contributed by atoms with Crippen LogP contribution in [0.2, 0.25) is 0 Å². The van der Waals surface area contributed by atoms with E-state index in [1.807, 2.05) is 30.3 Å². The average Bonchev–Trinajstić information content (AvgIpc) is 2.96. The van der Waals surface area contributed by atoms with Crippen LogP contribution >= 0.6 is 0 Å². The van der Waals surface area contributed by atoms with E-state index in [0.29, 0.717) is 0 Å². The Balaban J connectivity index is 0.000000117. The van der Waals surface area contributed by atoms with Crippen molar-refractivity contribution in [1.82, 2.24) is 0 Å². The first-order valence-electron chi connectivity index (χ1n) is 6.85. The Kier molecular flexibility index (Phi) is 3.68. The predicted octanol–water partition coefficient (Wildman–Crippen LogP) is 3.63. The van der Waals surface area contributed by atoms with Crippen molar-refractivity contribution in [3.8, 4) is 11.5 Å². The Morgan fingerprint density at radius 1 is 0.632 bits per heavy atom. The van der Waals surface area contributed by atoms with Gasteiger partial charge in [0.25, 0.3) is 0 Å². The molecule has 2 aromatic rings. The highest BCUT2D eigenvalue weighted by atomic mass is 16.5. The summed E-state index contributed by atoms with van der Waals surface area (Å²) in [5, 5.41) is 0. The first-order chi connectivity index (χ1) is 9.43. The van der Waals surface area contributed by atoms with Gasteiger partial charge in [-0.3, -0.25) is 0 Å². The molecule has 0 amide bonds. The molecule has 0 aromatic heterocycles. The molecule has 2 nitrogen and oxygen atoms in total. The lowest BCUT2D eigenvalue weighted by Gasteiger charge is -2.15. The molecule has 2 heterocycles. The minimum absolute atomic E-state index is 0.860. The Morgan fingerprint density at radius 3 is 1.84 bits per heavy atom. The zero-order valence-corrected chi connectivity index (χ0v) is 11.0. The van der Waals surface area contributed by atoms with E-state index >= 15 is 0 Å². The normalized spacial score (nSPS) is 15.2. The highest BCUT2D eigenvalue weighted by Crippen LogP contribution is 2.23. The summed E-state index contributed by atoms with van der Waals surface area (Å²) in [5.74, 6) is 2.14. The van der Waals surface area contributed by atoms with Gasteiger partial charge in [0.2, 0.25) is 0 Å². The first-order valence-corrected chi connectivity index (χ1v) is 6.85. The fourth-order valence-electron chi connectivity index (χ4n) is 2.42. The van der Waals surface area contributed by atoms with Crippen LogP contribution in [0.5, 0.6) is 11.5 Å². The summed E-state index contributed by atoms with van der Waals surface area (Å²) < 4.78 is 10.7. The highest BCUT2D eigenvalue weighted by molar-refractivity contribution is 5.36. The minimum atomic E-state index is 0.860. The van der Waals surface area contributed by atoms with Gasteiger partial charge in [0.1, 0.15) is 11.5 Å². The van der Waals surface area contributed by atoms with Crippen LogP contribution in [0.1, 0.15) is 17.5 Å². The largest absolute Gasteiger partial charge is 0.493 e. The second kappa shape index (κ2) is 5.79. The van der Waals surface area contributed by atoms with Gasteiger partial charge in [-0.1, -0.05) is 36.4 Å². The number of hydrogen-bond donors (Lipinski definition) is 0. The van der Waals surface area contributed by atoms with Gasteiger partial charge < -0.3 is 9.47 Å². The number of benzene rings is 2. The Hall–Kier alpha value is -1.96. The van der Waals surface area contributed by atoms with E-state index in [1.54, 1.807) is 0 Å². The summed E-state index contributed by atoms with van der Waals surface area (Å²) in [6.45, 7) is 1.75.